The molecule has 2 heterocycles. The molecule has 0 saturated carbocycles. The molecule has 0 bridgehead atoms. The van der Waals surface area contributed by atoms with Crippen molar-refractivity contribution in [2.75, 3.05) is 12.4 Å². The Kier molecular flexibility index (Phi) is 4.25. The molecular formula is C18H16ClN7O. The van der Waals surface area contributed by atoms with Crippen molar-refractivity contribution in [2.45, 2.75) is 0 Å². The number of benzene rings is 2. The lowest BCUT2D eigenvalue weighted by Crippen LogP contribution is -2.17. The predicted octanol–water partition coefficient (Wildman–Crippen LogP) is 3.12. The largest absolute Gasteiger partial charge is 0.355 e. The molecule has 1 amide bonds. The molecule has 2 aromatic carbocycles. The highest BCUT2D eigenvalue weighted by molar-refractivity contribution is 6.38. The van der Waals surface area contributed by atoms with Crippen molar-refractivity contribution in [3.63, 3.8) is 0 Å². The Morgan fingerprint density at radius 1 is 1.26 bits per heavy atom. The van der Waals surface area contributed by atoms with Crippen LogP contribution in [0.5, 0.6) is 0 Å². The third kappa shape index (κ3) is 3.11. The topological polar surface area (TPSA) is 101 Å². The van der Waals surface area contributed by atoms with Crippen molar-refractivity contribution < 1.29 is 4.79 Å². The van der Waals surface area contributed by atoms with Gasteiger partial charge in [-0.3, -0.25) is 9.89 Å². The maximum absolute atomic E-state index is 11.8. The van der Waals surface area contributed by atoms with Crippen LogP contribution in [-0.4, -0.2) is 37.9 Å². The van der Waals surface area contributed by atoms with Gasteiger partial charge in [0.05, 0.1) is 22.4 Å². The van der Waals surface area contributed by atoms with E-state index in [1.54, 1.807) is 43.2 Å². The smallest absolute Gasteiger partial charge is 0.251 e. The number of aryl methyl sites for hydroxylation is 1. The lowest BCUT2D eigenvalue weighted by atomic mass is 10.1. The number of nitrogens with one attached hydrogen (secondary N) is 3. The van der Waals surface area contributed by atoms with Gasteiger partial charge in [0.2, 0.25) is 5.95 Å². The van der Waals surface area contributed by atoms with E-state index in [4.69, 9.17) is 11.6 Å². The number of anilines is 2. The van der Waals surface area contributed by atoms with Crippen molar-refractivity contribution in [2.24, 2.45) is 7.05 Å². The fourth-order valence-corrected chi connectivity index (χ4v) is 3.02. The molecule has 136 valence electrons. The van der Waals surface area contributed by atoms with E-state index in [2.05, 4.69) is 30.9 Å². The first-order valence-electron chi connectivity index (χ1n) is 8.19. The summed E-state index contributed by atoms with van der Waals surface area (Å²) in [4.78, 5) is 16.4. The predicted molar refractivity (Wildman–Crippen MR) is 104 cm³/mol. The third-order valence-electron chi connectivity index (χ3n) is 4.18. The Labute approximate surface area is 159 Å². The molecule has 4 aromatic rings. The number of fused-ring (bicyclic) bond motifs is 1. The average Bonchev–Trinajstić information content (AvgIpc) is 3.31. The zero-order valence-corrected chi connectivity index (χ0v) is 15.4. The molecule has 0 aliphatic rings. The summed E-state index contributed by atoms with van der Waals surface area (Å²) in [5.41, 5.74) is 2.85. The van der Waals surface area contributed by atoms with Crippen LogP contribution in [0.15, 0.2) is 42.6 Å². The maximum atomic E-state index is 11.8. The molecule has 27 heavy (non-hydrogen) atoms. The van der Waals surface area contributed by atoms with Crippen LogP contribution in [0.3, 0.4) is 0 Å². The first-order valence-corrected chi connectivity index (χ1v) is 8.57. The molecule has 0 spiro atoms. The number of amides is 1. The van der Waals surface area contributed by atoms with Gasteiger partial charge in [0.25, 0.3) is 5.91 Å². The fraction of sp³-hybridized carbons (Fsp3) is 0.111. The Morgan fingerprint density at radius 3 is 2.93 bits per heavy atom. The molecule has 0 aliphatic heterocycles. The second kappa shape index (κ2) is 6.73. The van der Waals surface area contributed by atoms with Crippen LogP contribution in [-0.2, 0) is 7.05 Å². The summed E-state index contributed by atoms with van der Waals surface area (Å²) in [5, 5.41) is 18.5. The molecule has 0 saturated heterocycles. The standard InChI is InChI=1S/C18H16ClN7O/c1-20-17(27)11-5-3-4-10(8-11)16-23-18(26(2)25-16)22-14-7-6-13-12(15(14)19)9-21-24-13/h3-9H,1-2H3,(H,20,27)(H,21,24)(H,22,23,25). The lowest BCUT2D eigenvalue weighted by Gasteiger charge is -2.07. The molecule has 0 fully saturated rings. The number of H-pyrrole nitrogens is 1. The van der Waals surface area contributed by atoms with E-state index < -0.39 is 0 Å². The van der Waals surface area contributed by atoms with Crippen LogP contribution in [0.25, 0.3) is 22.3 Å². The van der Waals surface area contributed by atoms with Crippen molar-refractivity contribution >= 4 is 40.0 Å². The minimum atomic E-state index is -0.161. The highest BCUT2D eigenvalue weighted by atomic mass is 35.5. The number of rotatable bonds is 4. The van der Waals surface area contributed by atoms with Crippen LogP contribution in [0, 0.1) is 0 Å². The van der Waals surface area contributed by atoms with Crippen LogP contribution >= 0.6 is 11.6 Å². The van der Waals surface area contributed by atoms with E-state index in [-0.39, 0.29) is 5.91 Å². The van der Waals surface area contributed by atoms with Crippen molar-refractivity contribution in [1.82, 2.24) is 30.3 Å². The number of hydrogen-bond acceptors (Lipinski definition) is 5. The SMILES string of the molecule is CNC(=O)c1cccc(-c2nc(Nc3ccc4[nH]ncc4c3Cl)n(C)n2)c1. The molecule has 2 aromatic heterocycles. The maximum Gasteiger partial charge on any atom is 0.251 e. The molecule has 4 rings (SSSR count). The number of halogens is 1. The first-order chi connectivity index (χ1) is 13.1. The normalized spacial score (nSPS) is 10.9. The van der Waals surface area contributed by atoms with E-state index in [0.717, 1.165) is 16.5 Å². The van der Waals surface area contributed by atoms with Crippen LogP contribution in [0.2, 0.25) is 5.02 Å². The van der Waals surface area contributed by atoms with Crippen molar-refractivity contribution in [3.05, 3.63) is 53.2 Å². The molecule has 8 nitrogen and oxygen atoms in total. The quantitative estimate of drug-likeness (QED) is 0.504. The van der Waals surface area contributed by atoms with Gasteiger partial charge in [-0.05, 0) is 24.3 Å². The summed E-state index contributed by atoms with van der Waals surface area (Å²) in [6.45, 7) is 0. The second-order valence-electron chi connectivity index (χ2n) is 5.93. The van der Waals surface area contributed by atoms with Gasteiger partial charge in [-0.2, -0.15) is 10.1 Å². The van der Waals surface area contributed by atoms with Crippen LogP contribution in [0.4, 0.5) is 11.6 Å². The van der Waals surface area contributed by atoms with E-state index in [9.17, 15) is 4.79 Å². The second-order valence-corrected chi connectivity index (χ2v) is 6.30. The van der Waals surface area contributed by atoms with Gasteiger partial charge >= 0.3 is 0 Å². The van der Waals surface area contributed by atoms with E-state index >= 15 is 0 Å². The van der Waals surface area contributed by atoms with Gasteiger partial charge in [-0.25, -0.2) is 4.68 Å². The molecular weight excluding hydrogens is 366 g/mol. The minimum Gasteiger partial charge on any atom is -0.355 e. The Morgan fingerprint density at radius 2 is 2.11 bits per heavy atom. The number of nitrogens with zero attached hydrogens (tertiary/aromatic N) is 4. The van der Waals surface area contributed by atoms with Gasteiger partial charge in [0, 0.05) is 30.6 Å². The number of aromatic nitrogens is 5. The third-order valence-corrected chi connectivity index (χ3v) is 4.59. The monoisotopic (exact) mass is 381 g/mol. The van der Waals surface area contributed by atoms with Crippen molar-refractivity contribution in [3.8, 4) is 11.4 Å². The van der Waals surface area contributed by atoms with Gasteiger partial charge in [0.1, 0.15) is 0 Å². The minimum absolute atomic E-state index is 0.161. The molecule has 3 N–H and O–H groups in total. The summed E-state index contributed by atoms with van der Waals surface area (Å²) >= 11 is 6.46. The van der Waals surface area contributed by atoms with Gasteiger partial charge in [-0.1, -0.05) is 23.7 Å². The highest BCUT2D eigenvalue weighted by Gasteiger charge is 2.14. The molecule has 0 atom stereocenters. The first kappa shape index (κ1) is 17.0. The highest BCUT2D eigenvalue weighted by Crippen LogP contribution is 2.32. The summed E-state index contributed by atoms with van der Waals surface area (Å²) < 4.78 is 1.62. The lowest BCUT2D eigenvalue weighted by molar-refractivity contribution is 0.0963. The molecule has 0 radical (unpaired) electrons. The van der Waals surface area contributed by atoms with E-state index in [0.29, 0.717) is 28.0 Å². The number of carbonyl (C=O) groups excluding carboxylic acids is 1. The summed E-state index contributed by atoms with van der Waals surface area (Å²) in [7, 11) is 3.38. The van der Waals surface area contributed by atoms with Crippen LogP contribution < -0.4 is 10.6 Å². The number of hydrogen-bond donors (Lipinski definition) is 3. The molecule has 9 heteroatoms. The zero-order chi connectivity index (χ0) is 19.0. The Hall–Kier alpha value is -3.39. The van der Waals surface area contributed by atoms with Gasteiger partial charge in [-0.15, -0.1) is 5.10 Å². The summed E-state index contributed by atoms with van der Waals surface area (Å²) in [5.74, 6) is 0.873. The average molecular weight is 382 g/mol. The Bertz CT molecular complexity index is 1150. The number of aromatic amines is 1. The summed E-state index contributed by atoms with van der Waals surface area (Å²) in [6, 6.07) is 10.9. The van der Waals surface area contributed by atoms with Gasteiger partial charge < -0.3 is 10.6 Å². The van der Waals surface area contributed by atoms with Crippen LogP contribution in [0.1, 0.15) is 10.4 Å². The van der Waals surface area contributed by atoms with E-state index in [1.807, 2.05) is 18.2 Å². The molecule has 0 aliphatic carbocycles. The Balaban J connectivity index is 1.67. The number of carbonyl (C=O) groups is 1. The van der Waals surface area contributed by atoms with Gasteiger partial charge in [0.15, 0.2) is 5.82 Å². The fourth-order valence-electron chi connectivity index (χ4n) is 2.76. The zero-order valence-electron chi connectivity index (χ0n) is 14.6. The summed E-state index contributed by atoms with van der Waals surface area (Å²) in [6.07, 6.45) is 1.68. The van der Waals surface area contributed by atoms with Crippen molar-refractivity contribution in [1.29, 1.82) is 0 Å². The van der Waals surface area contributed by atoms with E-state index in [1.165, 1.54) is 0 Å². The molecule has 0 unspecified atom stereocenters.